The molecular formula is C17H13FN2. The standard InChI is InChI=1S/C17H13FN2/c18-16-14(12-13-6-2-1-3-7-13)9-11-20-17(16)15-8-4-5-10-19-15/h1-11H,12H2. The van der Waals surface area contributed by atoms with Crippen LogP contribution in [0.15, 0.2) is 67.0 Å². The van der Waals surface area contributed by atoms with E-state index in [2.05, 4.69) is 9.97 Å². The lowest BCUT2D eigenvalue weighted by molar-refractivity contribution is 0.611. The van der Waals surface area contributed by atoms with Crippen LogP contribution in [0.2, 0.25) is 0 Å². The molecule has 0 saturated carbocycles. The highest BCUT2D eigenvalue weighted by Crippen LogP contribution is 2.22. The predicted molar refractivity (Wildman–Crippen MR) is 76.7 cm³/mol. The normalized spacial score (nSPS) is 10.4. The molecule has 0 aliphatic heterocycles. The monoisotopic (exact) mass is 264 g/mol. The lowest BCUT2D eigenvalue weighted by Gasteiger charge is -2.07. The van der Waals surface area contributed by atoms with Crippen molar-refractivity contribution in [3.63, 3.8) is 0 Å². The fourth-order valence-electron chi connectivity index (χ4n) is 2.12. The van der Waals surface area contributed by atoms with Gasteiger partial charge in [-0.2, -0.15) is 0 Å². The summed E-state index contributed by atoms with van der Waals surface area (Å²) >= 11 is 0. The molecule has 2 heterocycles. The van der Waals surface area contributed by atoms with Gasteiger partial charge in [-0.15, -0.1) is 0 Å². The molecule has 0 unspecified atom stereocenters. The van der Waals surface area contributed by atoms with Gasteiger partial charge in [0.25, 0.3) is 0 Å². The van der Waals surface area contributed by atoms with Gasteiger partial charge in [0.1, 0.15) is 5.69 Å². The van der Waals surface area contributed by atoms with Crippen LogP contribution in [0, 0.1) is 5.82 Å². The number of pyridine rings is 2. The smallest absolute Gasteiger partial charge is 0.154 e. The largest absolute Gasteiger partial charge is 0.255 e. The number of benzene rings is 1. The van der Waals surface area contributed by atoms with Crippen LogP contribution in [0.4, 0.5) is 4.39 Å². The molecule has 20 heavy (non-hydrogen) atoms. The molecule has 0 radical (unpaired) electrons. The fourth-order valence-corrected chi connectivity index (χ4v) is 2.12. The van der Waals surface area contributed by atoms with E-state index >= 15 is 0 Å². The molecule has 0 spiro atoms. The first kappa shape index (κ1) is 12.5. The van der Waals surface area contributed by atoms with E-state index < -0.39 is 0 Å². The molecule has 98 valence electrons. The zero-order valence-corrected chi connectivity index (χ0v) is 10.8. The Kier molecular flexibility index (Phi) is 3.50. The van der Waals surface area contributed by atoms with Crippen LogP contribution in [0.5, 0.6) is 0 Å². The van der Waals surface area contributed by atoms with Gasteiger partial charge in [0.15, 0.2) is 5.82 Å². The molecule has 2 aromatic heterocycles. The van der Waals surface area contributed by atoms with E-state index in [-0.39, 0.29) is 5.82 Å². The maximum Gasteiger partial charge on any atom is 0.154 e. The Hall–Kier alpha value is -2.55. The summed E-state index contributed by atoms with van der Waals surface area (Å²) in [5.74, 6) is -0.296. The summed E-state index contributed by atoms with van der Waals surface area (Å²) in [5, 5.41) is 0. The van der Waals surface area contributed by atoms with Gasteiger partial charge in [0, 0.05) is 18.8 Å². The van der Waals surface area contributed by atoms with Crippen molar-refractivity contribution in [1.29, 1.82) is 0 Å². The third-order valence-electron chi connectivity index (χ3n) is 3.11. The van der Waals surface area contributed by atoms with Gasteiger partial charge in [-0.25, -0.2) is 4.39 Å². The van der Waals surface area contributed by atoms with Crippen molar-refractivity contribution in [2.75, 3.05) is 0 Å². The first-order valence-electron chi connectivity index (χ1n) is 6.43. The van der Waals surface area contributed by atoms with E-state index in [1.807, 2.05) is 36.4 Å². The van der Waals surface area contributed by atoms with Crippen LogP contribution >= 0.6 is 0 Å². The van der Waals surface area contributed by atoms with Crippen LogP contribution in [0.3, 0.4) is 0 Å². The molecule has 0 fully saturated rings. The summed E-state index contributed by atoms with van der Waals surface area (Å²) in [6.45, 7) is 0. The molecule has 0 amide bonds. The molecule has 0 saturated heterocycles. The SMILES string of the molecule is Fc1c(Cc2ccccc2)ccnc1-c1ccccn1. The quantitative estimate of drug-likeness (QED) is 0.717. The Balaban J connectivity index is 1.98. The van der Waals surface area contributed by atoms with E-state index in [1.165, 1.54) is 0 Å². The van der Waals surface area contributed by atoms with Crippen LogP contribution in [-0.2, 0) is 6.42 Å². The average molecular weight is 264 g/mol. The van der Waals surface area contributed by atoms with E-state index in [4.69, 9.17) is 0 Å². The molecule has 3 heteroatoms. The maximum atomic E-state index is 14.5. The van der Waals surface area contributed by atoms with Gasteiger partial charge in [-0.3, -0.25) is 9.97 Å². The molecule has 1 aromatic carbocycles. The Bertz CT molecular complexity index is 697. The predicted octanol–water partition coefficient (Wildman–Crippen LogP) is 3.87. The summed E-state index contributed by atoms with van der Waals surface area (Å²) in [6, 6.07) is 16.9. The van der Waals surface area contributed by atoms with Crippen molar-refractivity contribution in [3.8, 4) is 11.4 Å². The Labute approximate surface area is 117 Å². The van der Waals surface area contributed by atoms with E-state index in [0.717, 1.165) is 5.56 Å². The number of hydrogen-bond donors (Lipinski definition) is 0. The molecule has 0 bridgehead atoms. The molecular weight excluding hydrogens is 251 g/mol. The molecule has 0 aliphatic rings. The molecule has 0 atom stereocenters. The molecule has 3 rings (SSSR count). The highest BCUT2D eigenvalue weighted by Gasteiger charge is 2.12. The van der Waals surface area contributed by atoms with Crippen LogP contribution in [-0.4, -0.2) is 9.97 Å². The average Bonchev–Trinajstić information content (AvgIpc) is 2.51. The van der Waals surface area contributed by atoms with Crippen molar-refractivity contribution in [2.24, 2.45) is 0 Å². The third kappa shape index (κ3) is 2.57. The van der Waals surface area contributed by atoms with Crippen LogP contribution < -0.4 is 0 Å². The highest BCUT2D eigenvalue weighted by molar-refractivity contribution is 5.55. The second kappa shape index (κ2) is 5.61. The first-order chi connectivity index (χ1) is 9.84. The van der Waals surface area contributed by atoms with Crippen LogP contribution in [0.25, 0.3) is 11.4 Å². The van der Waals surface area contributed by atoms with Gasteiger partial charge in [-0.1, -0.05) is 36.4 Å². The van der Waals surface area contributed by atoms with E-state index in [9.17, 15) is 4.39 Å². The fraction of sp³-hybridized carbons (Fsp3) is 0.0588. The number of hydrogen-bond acceptors (Lipinski definition) is 2. The van der Waals surface area contributed by atoms with Gasteiger partial charge in [-0.05, 0) is 29.3 Å². The minimum atomic E-state index is -0.296. The number of rotatable bonds is 3. The van der Waals surface area contributed by atoms with Crippen LogP contribution in [0.1, 0.15) is 11.1 Å². The number of nitrogens with zero attached hydrogens (tertiary/aromatic N) is 2. The summed E-state index contributed by atoms with van der Waals surface area (Å²) in [5.41, 5.74) is 2.57. The molecule has 0 N–H and O–H groups in total. The lowest BCUT2D eigenvalue weighted by atomic mass is 10.0. The Morgan fingerprint density at radius 3 is 2.35 bits per heavy atom. The van der Waals surface area contributed by atoms with Crippen molar-refractivity contribution in [2.45, 2.75) is 6.42 Å². The first-order valence-corrected chi connectivity index (χ1v) is 6.43. The second-order valence-corrected chi connectivity index (χ2v) is 4.51. The van der Waals surface area contributed by atoms with Gasteiger partial charge in [0.2, 0.25) is 0 Å². The Morgan fingerprint density at radius 2 is 1.60 bits per heavy atom. The van der Waals surface area contributed by atoms with Gasteiger partial charge < -0.3 is 0 Å². The molecule has 0 aliphatic carbocycles. The van der Waals surface area contributed by atoms with E-state index in [1.54, 1.807) is 30.6 Å². The summed E-state index contributed by atoms with van der Waals surface area (Å²) in [4.78, 5) is 8.27. The number of halogens is 1. The summed E-state index contributed by atoms with van der Waals surface area (Å²) < 4.78 is 14.5. The van der Waals surface area contributed by atoms with Crippen molar-refractivity contribution in [1.82, 2.24) is 9.97 Å². The molecule has 3 aromatic rings. The topological polar surface area (TPSA) is 25.8 Å². The molecule has 2 nitrogen and oxygen atoms in total. The summed E-state index contributed by atoms with van der Waals surface area (Å²) in [6.07, 6.45) is 3.82. The minimum Gasteiger partial charge on any atom is -0.255 e. The Morgan fingerprint density at radius 1 is 0.800 bits per heavy atom. The summed E-state index contributed by atoms with van der Waals surface area (Å²) in [7, 11) is 0. The van der Waals surface area contributed by atoms with Crippen molar-refractivity contribution in [3.05, 3.63) is 83.9 Å². The zero-order chi connectivity index (χ0) is 13.8. The maximum absolute atomic E-state index is 14.5. The van der Waals surface area contributed by atoms with Gasteiger partial charge >= 0.3 is 0 Å². The third-order valence-corrected chi connectivity index (χ3v) is 3.11. The zero-order valence-electron chi connectivity index (χ0n) is 10.8. The van der Waals surface area contributed by atoms with E-state index in [0.29, 0.717) is 23.4 Å². The van der Waals surface area contributed by atoms with Crippen molar-refractivity contribution < 1.29 is 4.39 Å². The van der Waals surface area contributed by atoms with Gasteiger partial charge in [0.05, 0.1) is 5.69 Å². The minimum absolute atomic E-state index is 0.296. The highest BCUT2D eigenvalue weighted by atomic mass is 19.1. The number of aromatic nitrogens is 2. The second-order valence-electron chi connectivity index (χ2n) is 4.51. The lowest BCUT2D eigenvalue weighted by Crippen LogP contribution is -1.98. The van der Waals surface area contributed by atoms with Crippen molar-refractivity contribution >= 4 is 0 Å².